The Morgan fingerprint density at radius 2 is 1.61 bits per heavy atom. The zero-order chi connectivity index (χ0) is 17.4. The van der Waals surface area contributed by atoms with Gasteiger partial charge in [0.25, 0.3) is 0 Å². The third-order valence-corrected chi connectivity index (χ3v) is 4.32. The van der Waals surface area contributed by atoms with Gasteiger partial charge in [0.05, 0.1) is 23.4 Å². The molecule has 4 nitrogen and oxygen atoms in total. The largest absolute Gasteiger partial charge is 0.492 e. The Labute approximate surface area is 134 Å². The molecular formula is C16H19BF2O4. The van der Waals surface area contributed by atoms with Crippen molar-refractivity contribution in [1.29, 1.82) is 0 Å². The van der Waals surface area contributed by atoms with Crippen LogP contribution in [0.3, 0.4) is 0 Å². The molecule has 1 heterocycles. The number of halogens is 2. The van der Waals surface area contributed by atoms with Crippen molar-refractivity contribution in [2.45, 2.75) is 38.9 Å². The van der Waals surface area contributed by atoms with Gasteiger partial charge in [-0.2, -0.15) is 0 Å². The molecule has 0 saturated carbocycles. The number of aliphatic hydroxyl groups excluding tert-OH is 1. The number of aliphatic hydroxyl groups is 1. The highest BCUT2D eigenvalue weighted by Gasteiger charge is 2.52. The molecule has 1 N–H and O–H groups in total. The first-order valence-electron chi connectivity index (χ1n) is 7.22. The average Bonchev–Trinajstić information content (AvgIpc) is 2.67. The van der Waals surface area contributed by atoms with Crippen molar-refractivity contribution in [3.05, 3.63) is 40.4 Å². The molecule has 1 saturated heterocycles. The summed E-state index contributed by atoms with van der Waals surface area (Å²) < 4.78 is 39.2. The smallest absolute Gasteiger partial charge is 0.400 e. The van der Waals surface area contributed by atoms with Gasteiger partial charge in [-0.25, -0.2) is 8.78 Å². The lowest BCUT2D eigenvalue weighted by molar-refractivity contribution is 0.00578. The first kappa shape index (κ1) is 17.8. The minimum atomic E-state index is -0.863. The lowest BCUT2D eigenvalue weighted by atomic mass is 9.77. The fourth-order valence-corrected chi connectivity index (χ4v) is 2.16. The van der Waals surface area contributed by atoms with Gasteiger partial charge in [0.15, 0.2) is 6.29 Å². The third-order valence-electron chi connectivity index (χ3n) is 4.32. The van der Waals surface area contributed by atoms with Crippen molar-refractivity contribution >= 4 is 19.5 Å². The number of aldehydes is 1. The van der Waals surface area contributed by atoms with Gasteiger partial charge in [-0.15, -0.1) is 0 Å². The Kier molecular flexibility index (Phi) is 4.75. The van der Waals surface area contributed by atoms with Crippen molar-refractivity contribution in [2.24, 2.45) is 0 Å². The summed E-state index contributed by atoms with van der Waals surface area (Å²) in [6, 6.07) is 1.72. The van der Waals surface area contributed by atoms with Gasteiger partial charge in [0.1, 0.15) is 11.6 Å². The highest BCUT2D eigenvalue weighted by atomic mass is 19.1. The number of carbonyl (C=O) groups is 1. The highest BCUT2D eigenvalue weighted by Crippen LogP contribution is 2.38. The molecule has 0 aromatic heterocycles. The van der Waals surface area contributed by atoms with Crippen LogP contribution in [0.2, 0.25) is 0 Å². The zero-order valence-electron chi connectivity index (χ0n) is 13.5. The van der Waals surface area contributed by atoms with Crippen LogP contribution in [-0.4, -0.2) is 36.3 Å². The molecule has 0 atom stereocenters. The molecule has 0 radical (unpaired) electrons. The second-order valence-corrected chi connectivity index (χ2v) is 6.48. The van der Waals surface area contributed by atoms with Crippen LogP contribution >= 0.6 is 0 Å². The molecule has 2 rings (SSSR count). The van der Waals surface area contributed by atoms with Crippen molar-refractivity contribution in [3.63, 3.8) is 0 Å². The molecule has 1 aliphatic heterocycles. The minimum absolute atomic E-state index is 0.0909. The van der Waals surface area contributed by atoms with E-state index in [2.05, 4.69) is 0 Å². The molecule has 1 aromatic rings. The molecule has 0 amide bonds. The molecular weight excluding hydrogens is 305 g/mol. The SMILES string of the molecule is CC1(C)OB(C(=Cc2cc(F)c(C=O)cc2F)CO)OC1(C)C. The Morgan fingerprint density at radius 3 is 2.09 bits per heavy atom. The van der Waals surface area contributed by atoms with E-state index in [0.29, 0.717) is 0 Å². The number of rotatable bonds is 4. The van der Waals surface area contributed by atoms with Crippen LogP contribution in [0.15, 0.2) is 17.6 Å². The Morgan fingerprint density at radius 1 is 1.13 bits per heavy atom. The molecule has 1 aliphatic rings. The maximum absolute atomic E-state index is 14.0. The molecule has 0 spiro atoms. The monoisotopic (exact) mass is 324 g/mol. The number of benzene rings is 1. The summed E-state index contributed by atoms with van der Waals surface area (Å²) in [6.07, 6.45) is 1.52. The second kappa shape index (κ2) is 6.15. The molecule has 1 fully saturated rings. The van der Waals surface area contributed by atoms with Gasteiger partial charge in [0.2, 0.25) is 0 Å². The van der Waals surface area contributed by atoms with E-state index in [4.69, 9.17) is 9.31 Å². The lowest BCUT2D eigenvalue weighted by Gasteiger charge is -2.32. The molecule has 124 valence electrons. The minimum Gasteiger partial charge on any atom is -0.400 e. The first-order valence-corrected chi connectivity index (χ1v) is 7.22. The van der Waals surface area contributed by atoms with E-state index in [-0.39, 0.29) is 22.9 Å². The summed E-state index contributed by atoms with van der Waals surface area (Å²) in [6.45, 7) is 6.96. The van der Waals surface area contributed by atoms with Gasteiger partial charge in [-0.3, -0.25) is 4.79 Å². The summed E-state index contributed by atoms with van der Waals surface area (Å²) in [7, 11) is -0.863. The van der Waals surface area contributed by atoms with Crippen LogP contribution in [0.4, 0.5) is 8.78 Å². The molecule has 7 heteroatoms. The first-order chi connectivity index (χ1) is 10.6. The van der Waals surface area contributed by atoms with Crippen molar-refractivity contribution in [2.75, 3.05) is 6.61 Å². The van der Waals surface area contributed by atoms with E-state index in [9.17, 15) is 18.7 Å². The summed E-state index contributed by atoms with van der Waals surface area (Å²) >= 11 is 0. The van der Waals surface area contributed by atoms with E-state index in [1.54, 1.807) is 0 Å². The van der Waals surface area contributed by atoms with Crippen LogP contribution < -0.4 is 0 Å². The third kappa shape index (κ3) is 3.36. The molecule has 0 aliphatic carbocycles. The predicted molar refractivity (Wildman–Crippen MR) is 82.9 cm³/mol. The van der Waals surface area contributed by atoms with Crippen LogP contribution in [0, 0.1) is 11.6 Å². The summed E-state index contributed by atoms with van der Waals surface area (Å²) in [4.78, 5) is 10.6. The van der Waals surface area contributed by atoms with E-state index < -0.39 is 36.6 Å². The molecule has 0 bridgehead atoms. The second-order valence-electron chi connectivity index (χ2n) is 6.48. The van der Waals surface area contributed by atoms with Gasteiger partial charge in [-0.05, 0) is 45.3 Å². The zero-order valence-corrected chi connectivity index (χ0v) is 13.5. The van der Waals surface area contributed by atoms with Gasteiger partial charge in [0, 0.05) is 5.56 Å². The van der Waals surface area contributed by atoms with Crippen molar-refractivity contribution < 1.29 is 28.0 Å². The van der Waals surface area contributed by atoms with Crippen LogP contribution in [0.5, 0.6) is 0 Å². The standard InChI is InChI=1S/C16H19BF2O4/c1-15(2)16(3,4)23-17(22-15)12(9-21)5-10-6-14(19)11(8-20)7-13(10)18/h5-8,21H,9H2,1-4H3. The highest BCUT2D eigenvalue weighted by molar-refractivity contribution is 6.55. The Hall–Kier alpha value is -1.57. The summed E-state index contributed by atoms with van der Waals surface area (Å²) in [5.74, 6) is -1.60. The maximum Gasteiger partial charge on any atom is 0.492 e. The fourth-order valence-electron chi connectivity index (χ4n) is 2.16. The van der Waals surface area contributed by atoms with E-state index in [0.717, 1.165) is 12.1 Å². The quantitative estimate of drug-likeness (QED) is 0.683. The van der Waals surface area contributed by atoms with Gasteiger partial charge in [-0.1, -0.05) is 6.08 Å². The molecule has 23 heavy (non-hydrogen) atoms. The van der Waals surface area contributed by atoms with E-state index in [1.165, 1.54) is 6.08 Å². The van der Waals surface area contributed by atoms with E-state index in [1.807, 2.05) is 27.7 Å². The summed E-state index contributed by atoms with van der Waals surface area (Å²) in [5, 5.41) is 9.55. The normalized spacial score (nSPS) is 20.0. The summed E-state index contributed by atoms with van der Waals surface area (Å²) in [5.41, 5.74) is -1.41. The average molecular weight is 324 g/mol. The molecule has 0 unspecified atom stereocenters. The van der Waals surface area contributed by atoms with Crippen molar-refractivity contribution in [1.82, 2.24) is 0 Å². The van der Waals surface area contributed by atoms with Crippen LogP contribution in [0.25, 0.3) is 6.08 Å². The van der Waals surface area contributed by atoms with Crippen molar-refractivity contribution in [3.8, 4) is 0 Å². The predicted octanol–water partition coefficient (Wildman–Crippen LogP) is 2.78. The van der Waals surface area contributed by atoms with Gasteiger partial charge >= 0.3 is 7.12 Å². The van der Waals surface area contributed by atoms with Gasteiger partial charge < -0.3 is 14.4 Å². The lowest BCUT2D eigenvalue weighted by Crippen LogP contribution is -2.41. The van der Waals surface area contributed by atoms with Crippen LogP contribution in [0.1, 0.15) is 43.6 Å². The number of carbonyl (C=O) groups excluding carboxylic acids is 1. The van der Waals surface area contributed by atoms with E-state index >= 15 is 0 Å². The number of hydrogen-bond acceptors (Lipinski definition) is 4. The molecule has 1 aromatic carbocycles. The maximum atomic E-state index is 14.0. The fraction of sp³-hybridized carbons (Fsp3) is 0.438. The van der Waals surface area contributed by atoms with Crippen LogP contribution in [-0.2, 0) is 9.31 Å². The Balaban J connectivity index is 2.37. The Bertz CT molecular complexity index is 640. The number of hydrogen-bond donors (Lipinski definition) is 1. The topological polar surface area (TPSA) is 55.8 Å².